The van der Waals surface area contributed by atoms with Gasteiger partial charge in [-0.3, -0.25) is 10.4 Å². The molecule has 0 fully saturated rings. The van der Waals surface area contributed by atoms with Gasteiger partial charge >= 0.3 is 0 Å². The molecule has 7 heteroatoms. The first-order valence-electron chi connectivity index (χ1n) is 8.62. The Labute approximate surface area is 161 Å². The van der Waals surface area contributed by atoms with Gasteiger partial charge in [0.2, 0.25) is 0 Å². The normalized spacial score (nSPS) is 19.5. The van der Waals surface area contributed by atoms with Gasteiger partial charge in [0.25, 0.3) is 0 Å². The number of fused-ring (bicyclic) bond motifs is 2. The number of nitrogens with one attached hydrogen (secondary N) is 2. The van der Waals surface area contributed by atoms with E-state index in [0.717, 1.165) is 40.2 Å². The van der Waals surface area contributed by atoms with E-state index in [1.54, 1.807) is 12.4 Å². The van der Waals surface area contributed by atoms with Crippen molar-refractivity contribution in [2.24, 2.45) is 4.99 Å². The van der Waals surface area contributed by atoms with Crippen molar-refractivity contribution in [2.75, 3.05) is 7.11 Å². The van der Waals surface area contributed by atoms with Crippen LogP contribution < -0.4 is 10.2 Å². The van der Waals surface area contributed by atoms with E-state index in [4.69, 9.17) is 16.3 Å². The lowest BCUT2D eigenvalue weighted by Crippen LogP contribution is -2.36. The number of hydrazine groups is 1. The first kappa shape index (κ1) is 16.1. The molecule has 2 aromatic rings. The number of benzene rings is 1. The van der Waals surface area contributed by atoms with E-state index in [9.17, 15) is 5.11 Å². The van der Waals surface area contributed by atoms with Gasteiger partial charge in [0.15, 0.2) is 11.5 Å². The van der Waals surface area contributed by atoms with Crippen LogP contribution in [0.4, 0.5) is 0 Å². The van der Waals surface area contributed by atoms with Crippen LogP contribution in [0.1, 0.15) is 34.7 Å². The smallest absolute Gasteiger partial charge is 0.177 e. The summed E-state index contributed by atoms with van der Waals surface area (Å²) >= 11 is 6.48. The molecule has 3 aliphatic rings. The Morgan fingerprint density at radius 1 is 1.33 bits per heavy atom. The molecule has 1 unspecified atom stereocenters. The molecular formula is C20H17ClN4O2. The summed E-state index contributed by atoms with van der Waals surface area (Å²) in [6.45, 7) is 0. The first-order chi connectivity index (χ1) is 13.2. The zero-order valence-corrected chi connectivity index (χ0v) is 15.3. The van der Waals surface area contributed by atoms with E-state index < -0.39 is 0 Å². The maximum absolute atomic E-state index is 10.3. The van der Waals surface area contributed by atoms with Crippen molar-refractivity contribution in [3.63, 3.8) is 0 Å². The number of allylic oxidation sites excluding steroid dienone is 2. The molecule has 1 atom stereocenters. The van der Waals surface area contributed by atoms with Crippen molar-refractivity contribution >= 4 is 29.7 Å². The predicted molar refractivity (Wildman–Crippen MR) is 105 cm³/mol. The first-order valence-corrected chi connectivity index (χ1v) is 9.00. The quantitative estimate of drug-likeness (QED) is 0.737. The number of halogens is 1. The Morgan fingerprint density at radius 2 is 2.22 bits per heavy atom. The lowest BCUT2D eigenvalue weighted by atomic mass is 9.84. The summed E-state index contributed by atoms with van der Waals surface area (Å²) in [7, 11) is 1.51. The van der Waals surface area contributed by atoms with E-state index in [2.05, 4.69) is 27.6 Å². The largest absolute Gasteiger partial charge is 0.503 e. The van der Waals surface area contributed by atoms with E-state index in [-0.39, 0.29) is 11.7 Å². The average molecular weight is 381 g/mol. The second-order valence-electron chi connectivity index (χ2n) is 6.56. The average Bonchev–Trinajstić information content (AvgIpc) is 3.05. The third-order valence-corrected chi connectivity index (χ3v) is 5.60. The van der Waals surface area contributed by atoms with E-state index in [1.165, 1.54) is 7.11 Å². The van der Waals surface area contributed by atoms with Gasteiger partial charge in [-0.25, -0.2) is 4.99 Å². The van der Waals surface area contributed by atoms with Crippen LogP contribution in [0.3, 0.4) is 0 Å². The van der Waals surface area contributed by atoms with Gasteiger partial charge in [-0.2, -0.15) is 0 Å². The summed E-state index contributed by atoms with van der Waals surface area (Å²) in [6.07, 6.45) is 12.5. The monoisotopic (exact) mass is 380 g/mol. The van der Waals surface area contributed by atoms with Gasteiger partial charge in [0, 0.05) is 28.9 Å². The molecule has 136 valence electrons. The number of phenols is 1. The molecule has 0 amide bonds. The summed E-state index contributed by atoms with van der Waals surface area (Å²) in [4.78, 5) is 7.60. The molecule has 0 saturated carbocycles. The molecule has 27 heavy (non-hydrogen) atoms. The van der Waals surface area contributed by atoms with Gasteiger partial charge < -0.3 is 14.8 Å². The zero-order valence-electron chi connectivity index (χ0n) is 14.5. The number of aromatic nitrogens is 1. The minimum Gasteiger partial charge on any atom is -0.503 e. The molecule has 3 heterocycles. The van der Waals surface area contributed by atoms with Crippen LogP contribution in [-0.4, -0.2) is 28.5 Å². The number of methoxy groups -OCH3 is 1. The van der Waals surface area contributed by atoms with Gasteiger partial charge in [-0.05, 0) is 24.1 Å². The van der Waals surface area contributed by atoms with E-state index in [0.29, 0.717) is 10.8 Å². The van der Waals surface area contributed by atoms with E-state index >= 15 is 0 Å². The van der Waals surface area contributed by atoms with Crippen molar-refractivity contribution < 1.29 is 9.84 Å². The van der Waals surface area contributed by atoms with Crippen LogP contribution in [0.25, 0.3) is 11.8 Å². The predicted octanol–water partition coefficient (Wildman–Crippen LogP) is 3.98. The lowest BCUT2D eigenvalue weighted by molar-refractivity contribution is 0.373. The summed E-state index contributed by atoms with van der Waals surface area (Å²) in [5.41, 5.74) is 9.42. The van der Waals surface area contributed by atoms with Crippen molar-refractivity contribution in [3.8, 4) is 11.5 Å². The maximum atomic E-state index is 10.3. The number of aliphatic imine (C=N–C) groups is 1. The number of phenolic OH excluding ortho intramolecular Hbond substituents is 1. The van der Waals surface area contributed by atoms with Crippen LogP contribution in [0.5, 0.6) is 11.5 Å². The SMILES string of the molecule is COc1ccc(C2CC=C3c4c(c[nH]c42)C=CC2=CN=CNN23)c(Cl)c1O. The molecular weight excluding hydrogens is 364 g/mol. The molecule has 1 aromatic carbocycles. The van der Waals surface area contributed by atoms with Crippen molar-refractivity contribution in [2.45, 2.75) is 12.3 Å². The molecule has 0 saturated heterocycles. The van der Waals surface area contributed by atoms with Crippen LogP contribution in [-0.2, 0) is 0 Å². The number of aromatic hydroxyl groups is 1. The number of hydrogen-bond donors (Lipinski definition) is 3. The minimum atomic E-state index is -0.0249. The number of nitrogens with zero attached hydrogens (tertiary/aromatic N) is 2. The van der Waals surface area contributed by atoms with Gasteiger partial charge in [0.1, 0.15) is 6.34 Å². The number of hydrogen-bond acceptors (Lipinski definition) is 5. The highest BCUT2D eigenvalue weighted by Crippen LogP contribution is 2.47. The summed E-state index contributed by atoms with van der Waals surface area (Å²) < 4.78 is 5.16. The van der Waals surface area contributed by atoms with Crippen LogP contribution in [0.15, 0.2) is 47.4 Å². The fraction of sp³-hybridized carbons (Fsp3) is 0.150. The Kier molecular flexibility index (Phi) is 3.55. The number of ether oxygens (including phenoxy) is 1. The van der Waals surface area contributed by atoms with Crippen molar-refractivity contribution in [3.05, 3.63) is 69.8 Å². The zero-order chi connectivity index (χ0) is 18.5. The molecule has 6 nitrogen and oxygen atoms in total. The van der Waals surface area contributed by atoms with Crippen LogP contribution in [0, 0.1) is 0 Å². The Hall–Kier alpha value is -3.12. The third kappa shape index (κ3) is 2.30. The summed E-state index contributed by atoms with van der Waals surface area (Å²) in [5.74, 6) is 0.359. The molecule has 3 N–H and O–H groups in total. The fourth-order valence-corrected chi connectivity index (χ4v) is 4.20. The molecule has 1 aliphatic carbocycles. The fourth-order valence-electron chi connectivity index (χ4n) is 3.92. The van der Waals surface area contributed by atoms with E-state index in [1.807, 2.05) is 29.5 Å². The molecule has 0 spiro atoms. The summed E-state index contributed by atoms with van der Waals surface area (Å²) in [5, 5.41) is 12.7. The number of H-pyrrole nitrogens is 1. The second-order valence-corrected chi connectivity index (χ2v) is 6.94. The highest BCUT2D eigenvalue weighted by atomic mass is 35.5. The molecule has 0 bridgehead atoms. The van der Waals surface area contributed by atoms with Gasteiger partial charge in [-0.15, -0.1) is 0 Å². The van der Waals surface area contributed by atoms with Crippen LogP contribution >= 0.6 is 11.6 Å². The highest BCUT2D eigenvalue weighted by molar-refractivity contribution is 6.33. The van der Waals surface area contributed by atoms with Crippen molar-refractivity contribution in [1.82, 2.24) is 15.4 Å². The lowest BCUT2D eigenvalue weighted by Gasteiger charge is -2.32. The Morgan fingerprint density at radius 3 is 3.07 bits per heavy atom. The van der Waals surface area contributed by atoms with Crippen molar-refractivity contribution in [1.29, 1.82) is 0 Å². The maximum Gasteiger partial charge on any atom is 0.177 e. The minimum absolute atomic E-state index is 0.0131. The van der Waals surface area contributed by atoms with Gasteiger partial charge in [-0.1, -0.05) is 29.8 Å². The third-order valence-electron chi connectivity index (χ3n) is 5.20. The topological polar surface area (TPSA) is 72.9 Å². The summed E-state index contributed by atoms with van der Waals surface area (Å²) in [6, 6.07) is 3.67. The number of rotatable bonds is 2. The van der Waals surface area contributed by atoms with Gasteiger partial charge in [0.05, 0.1) is 29.7 Å². The second kappa shape index (κ2) is 5.96. The molecule has 5 rings (SSSR count). The Balaban J connectivity index is 1.64. The molecule has 0 radical (unpaired) electrons. The Bertz CT molecular complexity index is 1060. The standard InChI is InChI=1S/C20H17ClN4O2/c1-27-16-7-5-13(18(21)20(16)26)14-4-6-15-17-11(8-23-19(14)17)2-3-12-9-22-10-24-25(12)15/h2-3,5-10,14,23,26H,4H2,1H3,(H,22,24). The highest BCUT2D eigenvalue weighted by Gasteiger charge is 2.33. The molecule has 2 aliphatic heterocycles. The van der Waals surface area contributed by atoms with Crippen LogP contribution in [0.2, 0.25) is 5.02 Å². The number of aromatic amines is 1. The molecule has 1 aromatic heterocycles.